The summed E-state index contributed by atoms with van der Waals surface area (Å²) in [4.78, 5) is 47.5. The lowest BCUT2D eigenvalue weighted by Crippen LogP contribution is -2.46. The molecule has 0 fully saturated rings. The van der Waals surface area contributed by atoms with E-state index >= 15 is 0 Å². The smallest absolute Gasteiger partial charge is 0.336 e. The SMILES string of the molecule is CCCC(C(=O)NC=O)N(C=O)c1cccc2c(C(=O)O)ccc(C)c12. The molecule has 0 radical (unpaired) electrons. The summed E-state index contributed by atoms with van der Waals surface area (Å²) in [7, 11) is 0. The standard InChI is InChI=1S/C19H20N2O5/c1-3-5-16(18(24)20-10-22)21(11-23)15-7-4-6-13-14(19(25)26)9-8-12(2)17(13)15/h4,6-11,16H,3,5H2,1-2H3,(H,25,26)(H,20,22,24). The van der Waals surface area contributed by atoms with Crippen LogP contribution >= 0.6 is 0 Å². The molecular formula is C19H20N2O5. The van der Waals surface area contributed by atoms with Crippen LogP contribution in [0.15, 0.2) is 30.3 Å². The predicted octanol–water partition coefficient (Wildman–Crippen LogP) is 2.25. The summed E-state index contributed by atoms with van der Waals surface area (Å²) in [6.45, 7) is 3.67. The van der Waals surface area contributed by atoms with Gasteiger partial charge in [-0.3, -0.25) is 19.7 Å². The van der Waals surface area contributed by atoms with Crippen LogP contribution in [0, 0.1) is 6.92 Å². The number of carbonyl (C=O) groups excluding carboxylic acids is 3. The van der Waals surface area contributed by atoms with Crippen LogP contribution < -0.4 is 10.2 Å². The molecule has 1 unspecified atom stereocenters. The topological polar surface area (TPSA) is 104 Å². The van der Waals surface area contributed by atoms with Crippen LogP contribution in [0.25, 0.3) is 10.8 Å². The molecule has 0 bridgehead atoms. The predicted molar refractivity (Wildman–Crippen MR) is 97.1 cm³/mol. The summed E-state index contributed by atoms with van der Waals surface area (Å²) in [6.07, 6.45) is 1.79. The lowest BCUT2D eigenvalue weighted by molar-refractivity contribution is -0.127. The van der Waals surface area contributed by atoms with Crippen molar-refractivity contribution in [2.75, 3.05) is 4.90 Å². The highest BCUT2D eigenvalue weighted by atomic mass is 16.4. The molecule has 26 heavy (non-hydrogen) atoms. The van der Waals surface area contributed by atoms with Gasteiger partial charge in [0.15, 0.2) is 0 Å². The van der Waals surface area contributed by atoms with Gasteiger partial charge in [0, 0.05) is 5.39 Å². The van der Waals surface area contributed by atoms with Crippen LogP contribution in [0.2, 0.25) is 0 Å². The second-order valence-electron chi connectivity index (χ2n) is 5.88. The molecule has 2 rings (SSSR count). The number of carboxylic acid groups (broad SMARTS) is 1. The molecule has 2 aromatic carbocycles. The van der Waals surface area contributed by atoms with E-state index in [9.17, 15) is 24.3 Å². The Hall–Kier alpha value is -3.22. The van der Waals surface area contributed by atoms with Gasteiger partial charge in [-0.1, -0.05) is 31.5 Å². The van der Waals surface area contributed by atoms with Crippen molar-refractivity contribution in [1.82, 2.24) is 5.32 Å². The summed E-state index contributed by atoms with van der Waals surface area (Å²) < 4.78 is 0. The van der Waals surface area contributed by atoms with E-state index in [1.807, 2.05) is 6.92 Å². The van der Waals surface area contributed by atoms with Crippen molar-refractivity contribution in [3.8, 4) is 0 Å². The van der Waals surface area contributed by atoms with Gasteiger partial charge in [-0.15, -0.1) is 0 Å². The Morgan fingerprint density at radius 2 is 1.96 bits per heavy atom. The molecule has 3 amide bonds. The highest BCUT2D eigenvalue weighted by molar-refractivity contribution is 6.11. The Bertz CT molecular complexity index is 862. The number of rotatable bonds is 8. The number of carboxylic acids is 1. The fraction of sp³-hybridized carbons (Fsp3) is 0.263. The van der Waals surface area contributed by atoms with E-state index in [0.717, 1.165) is 5.56 Å². The number of nitrogens with one attached hydrogen (secondary N) is 1. The van der Waals surface area contributed by atoms with Gasteiger partial charge >= 0.3 is 5.97 Å². The van der Waals surface area contributed by atoms with Crippen LogP contribution in [-0.4, -0.2) is 35.8 Å². The third-order valence-corrected chi connectivity index (χ3v) is 4.25. The fourth-order valence-electron chi connectivity index (χ4n) is 3.08. The molecular weight excluding hydrogens is 336 g/mol. The molecule has 0 saturated heterocycles. The number of aromatic carboxylic acids is 1. The van der Waals surface area contributed by atoms with Gasteiger partial charge in [-0.25, -0.2) is 4.79 Å². The lowest BCUT2D eigenvalue weighted by atomic mass is 9.97. The third-order valence-electron chi connectivity index (χ3n) is 4.25. The number of nitrogens with zero attached hydrogens (tertiary/aromatic N) is 1. The van der Waals surface area contributed by atoms with E-state index in [4.69, 9.17) is 0 Å². The number of carbonyl (C=O) groups is 4. The molecule has 0 saturated carbocycles. The zero-order valence-corrected chi connectivity index (χ0v) is 14.6. The van der Waals surface area contributed by atoms with Gasteiger partial charge in [-0.2, -0.15) is 0 Å². The maximum Gasteiger partial charge on any atom is 0.336 e. The normalized spacial score (nSPS) is 11.6. The number of fused-ring (bicyclic) bond motifs is 1. The highest BCUT2D eigenvalue weighted by Gasteiger charge is 2.27. The first-order valence-electron chi connectivity index (χ1n) is 8.19. The van der Waals surface area contributed by atoms with Gasteiger partial charge in [-0.05, 0) is 36.4 Å². The van der Waals surface area contributed by atoms with E-state index in [-0.39, 0.29) is 12.0 Å². The highest BCUT2D eigenvalue weighted by Crippen LogP contribution is 2.33. The van der Waals surface area contributed by atoms with Gasteiger partial charge in [0.2, 0.25) is 18.7 Å². The van der Waals surface area contributed by atoms with Crippen molar-refractivity contribution in [2.24, 2.45) is 0 Å². The number of hydrogen-bond donors (Lipinski definition) is 2. The molecule has 0 heterocycles. The van der Waals surface area contributed by atoms with Crippen molar-refractivity contribution in [1.29, 1.82) is 0 Å². The molecule has 0 aliphatic rings. The lowest BCUT2D eigenvalue weighted by Gasteiger charge is -2.28. The van der Waals surface area contributed by atoms with Crippen LogP contribution in [-0.2, 0) is 14.4 Å². The van der Waals surface area contributed by atoms with E-state index in [0.29, 0.717) is 35.7 Å². The molecule has 2 aromatic rings. The molecule has 0 spiro atoms. The van der Waals surface area contributed by atoms with Crippen molar-refractivity contribution in [3.63, 3.8) is 0 Å². The minimum atomic E-state index is -1.08. The second kappa shape index (κ2) is 8.24. The Morgan fingerprint density at radius 3 is 2.54 bits per heavy atom. The number of anilines is 1. The van der Waals surface area contributed by atoms with Crippen molar-refractivity contribution < 1.29 is 24.3 Å². The van der Waals surface area contributed by atoms with Crippen LogP contribution in [0.5, 0.6) is 0 Å². The number of hydrogen-bond acceptors (Lipinski definition) is 4. The van der Waals surface area contributed by atoms with Crippen molar-refractivity contribution in [2.45, 2.75) is 32.7 Å². The zero-order valence-electron chi connectivity index (χ0n) is 14.6. The maximum atomic E-state index is 12.3. The molecule has 1 atom stereocenters. The number of aryl methyl sites for hydroxylation is 1. The Kier molecular flexibility index (Phi) is 6.06. The molecule has 0 aliphatic heterocycles. The largest absolute Gasteiger partial charge is 0.478 e. The number of benzene rings is 2. The van der Waals surface area contributed by atoms with Crippen molar-refractivity contribution in [3.05, 3.63) is 41.5 Å². The van der Waals surface area contributed by atoms with Crippen LogP contribution in [0.1, 0.15) is 35.7 Å². The van der Waals surface area contributed by atoms with Crippen molar-refractivity contribution >= 4 is 41.2 Å². The minimum Gasteiger partial charge on any atom is -0.478 e. The molecule has 0 aromatic heterocycles. The van der Waals surface area contributed by atoms with Gasteiger partial charge < -0.3 is 10.0 Å². The first-order valence-corrected chi connectivity index (χ1v) is 8.19. The zero-order chi connectivity index (χ0) is 19.3. The van der Waals surface area contributed by atoms with E-state index in [1.54, 1.807) is 31.2 Å². The van der Waals surface area contributed by atoms with E-state index in [2.05, 4.69) is 5.32 Å². The summed E-state index contributed by atoms with van der Waals surface area (Å²) in [5.74, 6) is -1.66. The summed E-state index contributed by atoms with van der Waals surface area (Å²) >= 11 is 0. The molecule has 2 N–H and O–H groups in total. The Balaban J connectivity index is 2.70. The first-order chi connectivity index (χ1) is 12.5. The molecule has 136 valence electrons. The minimum absolute atomic E-state index is 0.114. The third kappa shape index (κ3) is 3.56. The fourth-order valence-corrected chi connectivity index (χ4v) is 3.08. The van der Waals surface area contributed by atoms with Crippen LogP contribution in [0.4, 0.5) is 5.69 Å². The van der Waals surface area contributed by atoms with Gasteiger partial charge in [0.05, 0.1) is 11.3 Å². The van der Waals surface area contributed by atoms with Gasteiger partial charge in [0.1, 0.15) is 6.04 Å². The number of imide groups is 1. The Morgan fingerprint density at radius 1 is 1.23 bits per heavy atom. The molecule has 7 heteroatoms. The quantitative estimate of drug-likeness (QED) is 0.706. The first kappa shape index (κ1) is 19.1. The molecule has 0 aliphatic carbocycles. The molecule has 7 nitrogen and oxygen atoms in total. The maximum absolute atomic E-state index is 12.3. The van der Waals surface area contributed by atoms with E-state index in [1.165, 1.54) is 11.0 Å². The summed E-state index contributed by atoms with van der Waals surface area (Å²) in [5, 5.41) is 12.6. The monoisotopic (exact) mass is 356 g/mol. The van der Waals surface area contributed by atoms with Crippen LogP contribution in [0.3, 0.4) is 0 Å². The van der Waals surface area contributed by atoms with Gasteiger partial charge in [0.25, 0.3) is 0 Å². The average Bonchev–Trinajstić information content (AvgIpc) is 2.61. The summed E-state index contributed by atoms with van der Waals surface area (Å²) in [6, 6.07) is 7.27. The average molecular weight is 356 g/mol. The summed E-state index contributed by atoms with van der Waals surface area (Å²) in [5.41, 5.74) is 1.32. The Labute approximate surface area is 150 Å². The second-order valence-corrected chi connectivity index (χ2v) is 5.88. The number of amides is 3. The van der Waals surface area contributed by atoms with E-state index < -0.39 is 17.9 Å².